The third kappa shape index (κ3) is 7.45. The van der Waals surface area contributed by atoms with E-state index in [1.165, 1.54) is 13.8 Å². The minimum Gasteiger partial charge on any atom is -0.726 e. The molecule has 18 heavy (non-hydrogen) atoms. The summed E-state index contributed by atoms with van der Waals surface area (Å²) in [5.41, 5.74) is 1.08. The van der Waals surface area contributed by atoms with E-state index in [1.54, 1.807) is 24.3 Å². The van der Waals surface area contributed by atoms with E-state index in [1.807, 2.05) is 0 Å². The van der Waals surface area contributed by atoms with Gasteiger partial charge in [-0.25, -0.2) is 8.42 Å². The maximum atomic E-state index is 10.8. The predicted molar refractivity (Wildman–Crippen MR) is 62.5 cm³/mol. The zero-order chi connectivity index (χ0) is 14.2. The van der Waals surface area contributed by atoms with Crippen molar-refractivity contribution >= 4 is 21.9 Å². The molecule has 8 heteroatoms. The smallest absolute Gasteiger partial charge is 0.385 e. The molecule has 0 radical (unpaired) electrons. The highest BCUT2D eigenvalue weighted by molar-refractivity contribution is 7.80. The number of diazo groups is 1. The van der Waals surface area contributed by atoms with Crippen LogP contribution in [0.15, 0.2) is 24.3 Å². The Labute approximate surface area is 105 Å². The number of nitrogens with zero attached hydrogens (tertiary/aromatic N) is 2. The summed E-state index contributed by atoms with van der Waals surface area (Å²) in [6.45, 7) is 2.83. The second kappa shape index (κ2) is 7.50. The Balaban J connectivity index is 0.000000360. The lowest BCUT2D eigenvalue weighted by molar-refractivity contribution is 0.101. The van der Waals surface area contributed by atoms with E-state index in [-0.39, 0.29) is 12.4 Å². The largest absolute Gasteiger partial charge is 0.726 e. The Hall–Kier alpha value is -1.82. The Morgan fingerprint density at radius 2 is 1.89 bits per heavy atom. The van der Waals surface area contributed by atoms with E-state index in [0.29, 0.717) is 11.3 Å². The molecule has 0 aliphatic carbocycles. The highest BCUT2D eigenvalue weighted by Crippen LogP contribution is 2.12. The van der Waals surface area contributed by atoms with E-state index in [9.17, 15) is 17.8 Å². The molecule has 0 aliphatic rings. The molecule has 0 saturated carbocycles. The molecule has 1 aromatic carbocycles. The van der Waals surface area contributed by atoms with Crippen LogP contribution in [-0.2, 0) is 14.6 Å². The number of hydrogen-bond acceptors (Lipinski definition) is 6. The van der Waals surface area contributed by atoms with Gasteiger partial charge < -0.3 is 4.55 Å². The molecule has 1 rings (SSSR count). The standard InChI is InChI=1S/C8H7N2O.C2H6O4S/c1-6(11)7-2-4-8(10-9)5-3-7;1-2-6-7(3,4)5/h2-5H,1H3;2H2,1H3,(H,3,4,5)/q+1;/p-1. The van der Waals surface area contributed by atoms with Crippen LogP contribution in [-0.4, -0.2) is 25.4 Å². The first kappa shape index (κ1) is 16.2. The molecule has 0 aromatic heterocycles. The van der Waals surface area contributed by atoms with Crippen LogP contribution in [0.3, 0.4) is 0 Å². The van der Waals surface area contributed by atoms with Gasteiger partial charge in [0.1, 0.15) is 0 Å². The quantitative estimate of drug-likeness (QED) is 0.359. The summed E-state index contributed by atoms with van der Waals surface area (Å²) in [5.74, 6) is 0.00879. The lowest BCUT2D eigenvalue weighted by Crippen LogP contribution is -2.02. The fourth-order valence-electron chi connectivity index (χ4n) is 0.907. The first-order valence-electron chi connectivity index (χ1n) is 4.86. The van der Waals surface area contributed by atoms with Gasteiger partial charge in [-0.1, -0.05) is 0 Å². The van der Waals surface area contributed by atoms with Gasteiger partial charge in [0.15, 0.2) is 10.8 Å². The molecule has 0 atom stereocenters. The third-order valence-corrected chi connectivity index (χ3v) is 2.18. The zero-order valence-electron chi connectivity index (χ0n) is 9.86. The SMILES string of the molecule is CC(=O)c1ccc([N+]#N)cc1.CCOS(=O)(=O)[O-]. The number of hydrogen-bond donors (Lipinski definition) is 0. The third-order valence-electron chi connectivity index (χ3n) is 1.65. The molecule has 0 N–H and O–H groups in total. The van der Waals surface area contributed by atoms with Crippen molar-refractivity contribution in [3.05, 3.63) is 34.8 Å². The lowest BCUT2D eigenvalue weighted by Gasteiger charge is -2.02. The minimum atomic E-state index is -4.42. The van der Waals surface area contributed by atoms with Crippen LogP contribution in [0.4, 0.5) is 5.69 Å². The summed E-state index contributed by atoms with van der Waals surface area (Å²) in [6, 6.07) is 6.40. The van der Waals surface area contributed by atoms with Crippen LogP contribution >= 0.6 is 0 Å². The van der Waals surface area contributed by atoms with Gasteiger partial charge in [-0.15, -0.1) is 0 Å². The molecule has 0 saturated heterocycles. The maximum Gasteiger partial charge on any atom is 0.385 e. The van der Waals surface area contributed by atoms with E-state index < -0.39 is 10.4 Å². The number of Topliss-reactive ketones (excluding diaryl/α,β-unsaturated/α-hetero) is 1. The van der Waals surface area contributed by atoms with Gasteiger partial charge in [-0.3, -0.25) is 8.98 Å². The lowest BCUT2D eigenvalue weighted by atomic mass is 10.1. The Bertz CT molecular complexity index is 530. The highest BCUT2D eigenvalue weighted by Gasteiger charge is 2.04. The van der Waals surface area contributed by atoms with Crippen LogP contribution in [0, 0.1) is 5.39 Å². The fourth-order valence-corrected chi connectivity index (χ4v) is 1.20. The van der Waals surface area contributed by atoms with Crippen LogP contribution < -0.4 is 0 Å². The zero-order valence-corrected chi connectivity index (χ0v) is 10.7. The van der Waals surface area contributed by atoms with Crippen molar-refractivity contribution in [3.8, 4) is 0 Å². The van der Waals surface area contributed by atoms with Crippen molar-refractivity contribution in [1.29, 1.82) is 5.39 Å². The van der Waals surface area contributed by atoms with E-state index in [0.717, 1.165) is 0 Å². The molecule has 0 aliphatic heterocycles. The van der Waals surface area contributed by atoms with E-state index in [2.05, 4.69) is 9.16 Å². The van der Waals surface area contributed by atoms with E-state index in [4.69, 9.17) is 5.39 Å². The number of ketones is 1. The van der Waals surface area contributed by atoms with Crippen molar-refractivity contribution < 1.29 is 21.9 Å². The van der Waals surface area contributed by atoms with Crippen molar-refractivity contribution in [2.45, 2.75) is 13.8 Å². The average molecular weight is 272 g/mol. The number of benzene rings is 1. The van der Waals surface area contributed by atoms with Crippen LogP contribution in [0.5, 0.6) is 0 Å². The summed E-state index contributed by atoms with van der Waals surface area (Å²) in [6.07, 6.45) is 0. The van der Waals surface area contributed by atoms with Crippen molar-refractivity contribution in [1.82, 2.24) is 0 Å². The maximum absolute atomic E-state index is 10.8. The van der Waals surface area contributed by atoms with Gasteiger partial charge in [-0.2, -0.15) is 0 Å². The number of rotatable bonds is 3. The molecular weight excluding hydrogens is 260 g/mol. The first-order chi connectivity index (χ1) is 8.30. The molecule has 7 nitrogen and oxygen atoms in total. The van der Waals surface area contributed by atoms with Crippen LogP contribution in [0.25, 0.3) is 4.98 Å². The normalized spacial score (nSPS) is 9.89. The minimum absolute atomic E-state index is 0.00879. The summed E-state index contributed by atoms with van der Waals surface area (Å²) in [4.78, 5) is 13.7. The summed E-state index contributed by atoms with van der Waals surface area (Å²) in [5, 5.41) is 8.31. The second-order valence-electron chi connectivity index (χ2n) is 3.02. The average Bonchev–Trinajstić information content (AvgIpc) is 2.28. The van der Waals surface area contributed by atoms with Crippen LogP contribution in [0.1, 0.15) is 24.2 Å². The molecule has 0 unspecified atom stereocenters. The van der Waals surface area contributed by atoms with E-state index >= 15 is 0 Å². The predicted octanol–water partition coefficient (Wildman–Crippen LogP) is 1.86. The first-order valence-corrected chi connectivity index (χ1v) is 6.19. The summed E-state index contributed by atoms with van der Waals surface area (Å²) >= 11 is 0. The Morgan fingerprint density at radius 1 is 1.39 bits per heavy atom. The Morgan fingerprint density at radius 3 is 2.11 bits per heavy atom. The molecule has 0 fully saturated rings. The summed E-state index contributed by atoms with van der Waals surface area (Å²) < 4.78 is 32.0. The number of carbonyl (C=O) groups is 1. The Kier molecular flexibility index (Phi) is 6.74. The molecular formula is C10H12N2O5S. The molecule has 0 bridgehead atoms. The van der Waals surface area contributed by atoms with Gasteiger partial charge >= 0.3 is 5.69 Å². The van der Waals surface area contributed by atoms with Gasteiger partial charge in [0.2, 0.25) is 15.8 Å². The molecule has 98 valence electrons. The van der Waals surface area contributed by atoms with Crippen molar-refractivity contribution in [2.75, 3.05) is 6.61 Å². The summed E-state index contributed by atoms with van der Waals surface area (Å²) in [7, 11) is -4.42. The molecule has 0 amide bonds. The number of carbonyl (C=O) groups excluding carboxylic acids is 1. The van der Waals surface area contributed by atoms with Crippen LogP contribution in [0.2, 0.25) is 0 Å². The van der Waals surface area contributed by atoms with Gasteiger partial charge in [0.05, 0.1) is 6.61 Å². The van der Waals surface area contributed by atoms with Gasteiger partial charge in [0.25, 0.3) is 0 Å². The van der Waals surface area contributed by atoms with Gasteiger partial charge in [-0.05, 0) is 26.0 Å². The molecule has 0 spiro atoms. The highest BCUT2D eigenvalue weighted by atomic mass is 32.3. The van der Waals surface area contributed by atoms with Gasteiger partial charge in [0, 0.05) is 17.7 Å². The molecule has 1 aromatic rings. The van der Waals surface area contributed by atoms with Crippen molar-refractivity contribution in [3.63, 3.8) is 0 Å². The fraction of sp³-hybridized carbons (Fsp3) is 0.300. The second-order valence-corrected chi connectivity index (χ2v) is 4.07. The topological polar surface area (TPSA) is 112 Å². The molecule has 0 heterocycles. The van der Waals surface area contributed by atoms with Crippen molar-refractivity contribution in [2.24, 2.45) is 0 Å². The monoisotopic (exact) mass is 272 g/mol.